The van der Waals surface area contributed by atoms with E-state index >= 15 is 0 Å². The van der Waals surface area contributed by atoms with Gasteiger partial charge in [-0.25, -0.2) is 0 Å². The average Bonchev–Trinajstić information content (AvgIpc) is 2.16. The molecule has 0 aliphatic heterocycles. The molecule has 0 spiro atoms. The molecule has 1 aromatic carbocycles. The van der Waals surface area contributed by atoms with Gasteiger partial charge >= 0.3 is 0 Å². The minimum absolute atomic E-state index is 0.0000309. The van der Waals surface area contributed by atoms with Gasteiger partial charge in [-0.1, -0.05) is 37.0 Å². The van der Waals surface area contributed by atoms with Crippen LogP contribution in [0.3, 0.4) is 0 Å². The van der Waals surface area contributed by atoms with Crippen molar-refractivity contribution in [2.24, 2.45) is 0 Å². The first-order valence-electron chi connectivity index (χ1n) is 4.56. The third-order valence-electron chi connectivity index (χ3n) is 2.34. The Morgan fingerprint density at radius 1 is 1.33 bits per heavy atom. The third-order valence-corrected chi connectivity index (χ3v) is 2.84. The van der Waals surface area contributed by atoms with Crippen molar-refractivity contribution in [2.45, 2.75) is 19.3 Å². The molecule has 15 heavy (non-hydrogen) atoms. The van der Waals surface area contributed by atoms with E-state index in [2.05, 4.69) is 0 Å². The Morgan fingerprint density at radius 3 is 2.40 bits per heavy atom. The van der Waals surface area contributed by atoms with E-state index in [0.29, 0.717) is 15.8 Å². The first kappa shape index (κ1) is 12.6. The number of hydrogen-bond donors (Lipinski definition) is 1. The van der Waals surface area contributed by atoms with Gasteiger partial charge in [0.1, 0.15) is 5.75 Å². The van der Waals surface area contributed by atoms with E-state index in [4.69, 9.17) is 27.9 Å². The topological polar surface area (TPSA) is 29.5 Å². The van der Waals surface area contributed by atoms with Crippen LogP contribution >= 0.6 is 23.2 Å². The molecule has 1 rings (SSSR count). The maximum atomic E-state index is 9.31. The lowest BCUT2D eigenvalue weighted by Crippen LogP contribution is -2.23. The van der Waals surface area contributed by atoms with Gasteiger partial charge in [-0.2, -0.15) is 0 Å². The van der Waals surface area contributed by atoms with E-state index in [1.165, 1.54) is 0 Å². The number of aliphatic hydroxyl groups is 1. The first-order chi connectivity index (χ1) is 6.92. The molecule has 1 N–H and O–H groups in total. The third kappa shape index (κ3) is 2.57. The fourth-order valence-corrected chi connectivity index (χ4v) is 1.93. The largest absolute Gasteiger partial charge is 0.495 e. The highest BCUT2D eigenvalue weighted by molar-refractivity contribution is 6.35. The van der Waals surface area contributed by atoms with Crippen molar-refractivity contribution < 1.29 is 9.84 Å². The molecule has 0 unspecified atom stereocenters. The van der Waals surface area contributed by atoms with Crippen LogP contribution < -0.4 is 4.74 Å². The number of ether oxygens (including phenoxy) is 1. The number of halogens is 2. The van der Waals surface area contributed by atoms with Crippen molar-refractivity contribution in [1.29, 1.82) is 0 Å². The number of rotatable bonds is 3. The fraction of sp³-hybridized carbons (Fsp3) is 0.455. The monoisotopic (exact) mass is 248 g/mol. The molecule has 0 saturated carbocycles. The lowest BCUT2D eigenvalue weighted by Gasteiger charge is -2.25. The van der Waals surface area contributed by atoms with Crippen molar-refractivity contribution in [2.75, 3.05) is 13.7 Å². The molecule has 0 saturated heterocycles. The van der Waals surface area contributed by atoms with Crippen LogP contribution in [0.1, 0.15) is 19.4 Å². The molecule has 2 nitrogen and oxygen atoms in total. The minimum atomic E-state index is -0.431. The molecular formula is C11H14Cl2O2. The highest BCUT2D eigenvalue weighted by Crippen LogP contribution is 2.38. The minimum Gasteiger partial charge on any atom is -0.495 e. The highest BCUT2D eigenvalue weighted by atomic mass is 35.5. The molecule has 84 valence electrons. The number of benzene rings is 1. The molecule has 1 aromatic rings. The summed E-state index contributed by atoms with van der Waals surface area (Å²) < 4.78 is 5.22. The summed E-state index contributed by atoms with van der Waals surface area (Å²) in [5.74, 6) is 0.570. The lowest BCUT2D eigenvalue weighted by atomic mass is 9.85. The Labute approximate surface area is 99.8 Å². The van der Waals surface area contributed by atoms with E-state index in [9.17, 15) is 5.11 Å². The molecule has 0 aliphatic rings. The molecule has 0 fully saturated rings. The fourth-order valence-electron chi connectivity index (χ4n) is 1.36. The van der Waals surface area contributed by atoms with Gasteiger partial charge in [0, 0.05) is 16.0 Å². The SMILES string of the molecule is COc1c(Cl)cc(Cl)cc1C(C)(C)CO. The van der Waals surface area contributed by atoms with Crippen molar-refractivity contribution in [3.8, 4) is 5.75 Å². The molecule has 0 atom stereocenters. The summed E-state index contributed by atoms with van der Waals surface area (Å²) in [5.41, 5.74) is 0.380. The van der Waals surface area contributed by atoms with Gasteiger partial charge < -0.3 is 9.84 Å². The molecule has 0 radical (unpaired) electrons. The van der Waals surface area contributed by atoms with Crippen LogP contribution in [0.2, 0.25) is 10.0 Å². The standard InChI is InChI=1S/C11H14Cl2O2/c1-11(2,6-14)8-4-7(12)5-9(13)10(8)15-3/h4-5,14H,6H2,1-3H3. The predicted molar refractivity (Wildman–Crippen MR) is 63.1 cm³/mol. The quantitative estimate of drug-likeness (QED) is 0.890. The van der Waals surface area contributed by atoms with Gasteiger partial charge in [-0.15, -0.1) is 0 Å². The normalized spacial score (nSPS) is 11.6. The van der Waals surface area contributed by atoms with E-state index < -0.39 is 5.41 Å². The molecule has 0 heterocycles. The van der Waals surface area contributed by atoms with Gasteiger partial charge in [-0.05, 0) is 12.1 Å². The zero-order chi connectivity index (χ0) is 11.6. The number of methoxy groups -OCH3 is 1. The number of aliphatic hydroxyl groups excluding tert-OH is 1. The first-order valence-corrected chi connectivity index (χ1v) is 5.32. The Hall–Kier alpha value is -0.440. The smallest absolute Gasteiger partial charge is 0.141 e. The van der Waals surface area contributed by atoms with Gasteiger partial charge in [0.25, 0.3) is 0 Å². The van der Waals surface area contributed by atoms with Crippen LogP contribution in [0.4, 0.5) is 0 Å². The predicted octanol–water partition coefficient (Wildman–Crippen LogP) is 3.27. The average molecular weight is 249 g/mol. The second-order valence-corrected chi connectivity index (χ2v) is 4.85. The molecule has 0 bridgehead atoms. The Kier molecular flexibility index (Phi) is 3.87. The van der Waals surface area contributed by atoms with Gasteiger partial charge in [0.15, 0.2) is 0 Å². The van der Waals surface area contributed by atoms with E-state index in [1.807, 2.05) is 13.8 Å². The van der Waals surface area contributed by atoms with Crippen molar-refractivity contribution >= 4 is 23.2 Å². The van der Waals surface area contributed by atoms with E-state index in [0.717, 1.165) is 5.56 Å². The van der Waals surface area contributed by atoms with Crippen molar-refractivity contribution in [1.82, 2.24) is 0 Å². The van der Waals surface area contributed by atoms with Gasteiger partial charge in [0.2, 0.25) is 0 Å². The van der Waals surface area contributed by atoms with Crippen LogP contribution in [0.25, 0.3) is 0 Å². The summed E-state index contributed by atoms with van der Waals surface area (Å²) in [5, 5.41) is 10.3. The van der Waals surface area contributed by atoms with Crippen molar-refractivity contribution in [3.63, 3.8) is 0 Å². The summed E-state index contributed by atoms with van der Waals surface area (Å²) in [6.45, 7) is 3.80. The second kappa shape index (κ2) is 4.60. The van der Waals surface area contributed by atoms with Crippen molar-refractivity contribution in [3.05, 3.63) is 27.7 Å². The maximum Gasteiger partial charge on any atom is 0.141 e. The second-order valence-electron chi connectivity index (χ2n) is 4.01. The van der Waals surface area contributed by atoms with E-state index in [1.54, 1.807) is 19.2 Å². The Morgan fingerprint density at radius 2 is 1.93 bits per heavy atom. The summed E-state index contributed by atoms with van der Waals surface area (Å²) in [6.07, 6.45) is 0. The summed E-state index contributed by atoms with van der Waals surface area (Å²) in [7, 11) is 1.55. The summed E-state index contributed by atoms with van der Waals surface area (Å²) >= 11 is 11.9. The lowest BCUT2D eigenvalue weighted by molar-refractivity contribution is 0.215. The Balaban J connectivity index is 3.39. The van der Waals surface area contributed by atoms with Crippen LogP contribution in [0, 0.1) is 0 Å². The number of hydrogen-bond acceptors (Lipinski definition) is 2. The molecule has 0 aliphatic carbocycles. The van der Waals surface area contributed by atoms with Gasteiger partial charge in [-0.3, -0.25) is 0 Å². The highest BCUT2D eigenvalue weighted by Gasteiger charge is 2.25. The summed E-state index contributed by atoms with van der Waals surface area (Å²) in [4.78, 5) is 0. The molecular weight excluding hydrogens is 235 g/mol. The van der Waals surface area contributed by atoms with Gasteiger partial charge in [0.05, 0.1) is 18.7 Å². The summed E-state index contributed by atoms with van der Waals surface area (Å²) in [6, 6.07) is 3.39. The Bertz CT molecular complexity index is 362. The molecule has 4 heteroatoms. The van der Waals surface area contributed by atoms with Crippen LogP contribution in [-0.2, 0) is 5.41 Å². The molecule has 0 aromatic heterocycles. The van der Waals surface area contributed by atoms with Crippen LogP contribution in [-0.4, -0.2) is 18.8 Å². The maximum absolute atomic E-state index is 9.31. The molecule has 0 amide bonds. The van der Waals surface area contributed by atoms with E-state index in [-0.39, 0.29) is 6.61 Å². The zero-order valence-electron chi connectivity index (χ0n) is 8.97. The van der Waals surface area contributed by atoms with Crippen LogP contribution in [0.5, 0.6) is 5.75 Å². The van der Waals surface area contributed by atoms with Crippen LogP contribution in [0.15, 0.2) is 12.1 Å². The zero-order valence-corrected chi connectivity index (χ0v) is 10.5.